The number of fused-ring (bicyclic) bond motifs is 1. The Bertz CT molecular complexity index is 1180. The van der Waals surface area contributed by atoms with Crippen molar-refractivity contribution in [3.8, 4) is 5.75 Å². The summed E-state index contributed by atoms with van der Waals surface area (Å²) in [6, 6.07) is 11.7. The number of imide groups is 2. The summed E-state index contributed by atoms with van der Waals surface area (Å²) in [5.74, 6) is -4.28. The summed E-state index contributed by atoms with van der Waals surface area (Å²) >= 11 is 0. The van der Waals surface area contributed by atoms with Crippen molar-refractivity contribution in [1.82, 2.24) is 9.80 Å². The number of ether oxygens (including phenoxy) is 2. The zero-order valence-corrected chi connectivity index (χ0v) is 19.9. The largest absolute Gasteiger partial charge is 0.497 e. The number of benzene rings is 2. The smallest absolute Gasteiger partial charge is 0.319 e. The number of rotatable bonds is 5. The third kappa shape index (κ3) is 4.53. The topological polar surface area (TPSA) is 110 Å². The van der Waals surface area contributed by atoms with Crippen LogP contribution in [0.15, 0.2) is 48.5 Å². The minimum Gasteiger partial charge on any atom is -0.497 e. The van der Waals surface area contributed by atoms with Gasteiger partial charge < -0.3 is 9.47 Å². The summed E-state index contributed by atoms with van der Waals surface area (Å²) < 4.78 is 10.6. The number of amides is 4. The van der Waals surface area contributed by atoms with E-state index in [-0.39, 0.29) is 24.1 Å². The first-order valence-corrected chi connectivity index (χ1v) is 11.2. The summed E-state index contributed by atoms with van der Waals surface area (Å²) in [5.41, 5.74) is 0.0962. The molecule has 35 heavy (non-hydrogen) atoms. The van der Waals surface area contributed by atoms with Gasteiger partial charge in [-0.25, -0.2) is 0 Å². The van der Waals surface area contributed by atoms with Crippen LogP contribution in [0.5, 0.6) is 5.75 Å². The first-order chi connectivity index (χ1) is 16.5. The van der Waals surface area contributed by atoms with E-state index in [1.54, 1.807) is 57.2 Å². The number of carbonyl (C=O) groups is 5. The maximum Gasteiger partial charge on any atom is 0.319 e. The number of nitrogens with zero attached hydrogens (tertiary/aromatic N) is 2. The van der Waals surface area contributed by atoms with E-state index in [1.165, 1.54) is 19.2 Å². The minimum absolute atomic E-state index is 0.138. The number of carbonyl (C=O) groups excluding carboxylic acids is 5. The highest BCUT2D eigenvalue weighted by atomic mass is 16.6. The Labute approximate surface area is 202 Å². The van der Waals surface area contributed by atoms with Gasteiger partial charge in [0.25, 0.3) is 17.7 Å². The van der Waals surface area contributed by atoms with Gasteiger partial charge >= 0.3 is 5.97 Å². The average Bonchev–Trinajstić information content (AvgIpc) is 3.06. The molecule has 0 spiro atoms. The summed E-state index contributed by atoms with van der Waals surface area (Å²) in [4.78, 5) is 67.8. The second-order valence-electron chi connectivity index (χ2n) is 9.47. The van der Waals surface area contributed by atoms with Crippen LogP contribution in [0.25, 0.3) is 0 Å². The fraction of sp³-hybridized carbons (Fsp3) is 0.346. The van der Waals surface area contributed by atoms with Crippen LogP contribution in [0.4, 0.5) is 0 Å². The van der Waals surface area contributed by atoms with Gasteiger partial charge in [-0.3, -0.25) is 33.8 Å². The normalized spacial score (nSPS) is 20.2. The van der Waals surface area contributed by atoms with Crippen molar-refractivity contribution in [3.63, 3.8) is 0 Å². The van der Waals surface area contributed by atoms with Gasteiger partial charge in [0.05, 0.1) is 24.8 Å². The second kappa shape index (κ2) is 8.98. The van der Waals surface area contributed by atoms with E-state index in [1.807, 2.05) is 0 Å². The SMILES string of the molecule is COc1ccc(CN2C(=O)C(C(=O)OC(C)(C)C)CC(N3C(=O)c4ccccc4C3=O)C2=O)cc1. The van der Waals surface area contributed by atoms with Crippen LogP contribution in [0.1, 0.15) is 53.5 Å². The summed E-state index contributed by atoms with van der Waals surface area (Å²) in [7, 11) is 1.52. The molecule has 1 fully saturated rings. The van der Waals surface area contributed by atoms with Crippen LogP contribution in [0.3, 0.4) is 0 Å². The van der Waals surface area contributed by atoms with Crippen molar-refractivity contribution in [3.05, 3.63) is 65.2 Å². The number of hydrogen-bond acceptors (Lipinski definition) is 7. The highest BCUT2D eigenvalue weighted by molar-refractivity contribution is 6.23. The van der Waals surface area contributed by atoms with Gasteiger partial charge in [-0.1, -0.05) is 24.3 Å². The predicted octanol–water partition coefficient (Wildman–Crippen LogP) is 2.58. The fourth-order valence-electron chi connectivity index (χ4n) is 4.25. The molecule has 9 heteroatoms. The van der Waals surface area contributed by atoms with Crippen molar-refractivity contribution in [2.24, 2.45) is 5.92 Å². The van der Waals surface area contributed by atoms with E-state index in [0.717, 1.165) is 9.80 Å². The van der Waals surface area contributed by atoms with Crippen LogP contribution in [0.2, 0.25) is 0 Å². The standard InChI is InChI=1S/C26H26N2O7/c1-26(2,3)35-25(33)19-13-20(28-22(30)17-7-5-6-8-18(17)23(28)31)24(32)27(21(19)29)14-15-9-11-16(34-4)12-10-15/h5-12,19-20H,13-14H2,1-4H3. The van der Waals surface area contributed by atoms with Crippen LogP contribution < -0.4 is 4.74 Å². The molecule has 2 atom stereocenters. The van der Waals surface area contributed by atoms with Crippen LogP contribution in [0, 0.1) is 5.92 Å². The molecule has 2 aromatic carbocycles. The lowest BCUT2D eigenvalue weighted by atomic mass is 9.90. The lowest BCUT2D eigenvalue weighted by Gasteiger charge is -2.38. The third-order valence-corrected chi connectivity index (χ3v) is 5.90. The molecule has 2 aliphatic heterocycles. The van der Waals surface area contributed by atoms with E-state index < -0.39 is 47.2 Å². The van der Waals surface area contributed by atoms with Gasteiger partial charge in [-0.15, -0.1) is 0 Å². The molecule has 0 aliphatic carbocycles. The van der Waals surface area contributed by atoms with Crippen LogP contribution in [-0.2, 0) is 25.7 Å². The monoisotopic (exact) mass is 478 g/mol. The van der Waals surface area contributed by atoms with Crippen molar-refractivity contribution in [2.75, 3.05) is 7.11 Å². The zero-order valence-electron chi connectivity index (χ0n) is 19.9. The first kappa shape index (κ1) is 24.1. The Hall–Kier alpha value is -4.01. The second-order valence-corrected chi connectivity index (χ2v) is 9.47. The van der Waals surface area contributed by atoms with E-state index >= 15 is 0 Å². The molecule has 2 heterocycles. The van der Waals surface area contributed by atoms with Gasteiger partial charge in [0.15, 0.2) is 0 Å². The van der Waals surface area contributed by atoms with Crippen LogP contribution >= 0.6 is 0 Å². The number of methoxy groups -OCH3 is 1. The third-order valence-electron chi connectivity index (χ3n) is 5.90. The molecule has 4 amide bonds. The molecule has 2 aromatic rings. The Morgan fingerprint density at radius 3 is 2.00 bits per heavy atom. The molecule has 0 saturated carbocycles. The Morgan fingerprint density at radius 2 is 1.49 bits per heavy atom. The molecule has 1 saturated heterocycles. The summed E-state index contributed by atoms with van der Waals surface area (Å²) in [6.45, 7) is 4.86. The molecule has 0 aromatic heterocycles. The maximum atomic E-state index is 13.5. The molecule has 2 aliphatic rings. The van der Waals surface area contributed by atoms with E-state index in [2.05, 4.69) is 0 Å². The van der Waals surface area contributed by atoms with Gasteiger partial charge in [0, 0.05) is 0 Å². The Balaban J connectivity index is 1.70. The zero-order chi connectivity index (χ0) is 25.5. The van der Waals surface area contributed by atoms with Crippen molar-refractivity contribution in [1.29, 1.82) is 0 Å². The molecule has 2 unspecified atom stereocenters. The molecule has 4 rings (SSSR count). The van der Waals surface area contributed by atoms with Crippen LogP contribution in [-0.4, -0.2) is 58.2 Å². The lowest BCUT2D eigenvalue weighted by molar-refractivity contribution is -0.171. The van der Waals surface area contributed by atoms with Crippen molar-refractivity contribution in [2.45, 2.75) is 45.4 Å². The minimum atomic E-state index is -1.35. The lowest BCUT2D eigenvalue weighted by Crippen LogP contribution is -2.60. The quantitative estimate of drug-likeness (QED) is 0.369. The number of esters is 1. The van der Waals surface area contributed by atoms with E-state index in [4.69, 9.17) is 9.47 Å². The molecule has 9 nitrogen and oxygen atoms in total. The average molecular weight is 479 g/mol. The number of likely N-dealkylation sites (tertiary alicyclic amines) is 1. The number of piperidine rings is 1. The van der Waals surface area contributed by atoms with Gasteiger partial charge in [0.1, 0.15) is 23.3 Å². The van der Waals surface area contributed by atoms with Gasteiger partial charge in [-0.05, 0) is 57.0 Å². The maximum absolute atomic E-state index is 13.5. The number of hydrogen-bond donors (Lipinski definition) is 0. The Kier molecular flexibility index (Phi) is 6.19. The van der Waals surface area contributed by atoms with Crippen molar-refractivity contribution >= 4 is 29.6 Å². The molecule has 0 bridgehead atoms. The first-order valence-electron chi connectivity index (χ1n) is 11.2. The van der Waals surface area contributed by atoms with E-state index in [9.17, 15) is 24.0 Å². The Morgan fingerprint density at radius 1 is 0.914 bits per heavy atom. The molecule has 182 valence electrons. The molecular formula is C26H26N2O7. The highest BCUT2D eigenvalue weighted by Crippen LogP contribution is 2.33. The summed E-state index contributed by atoms with van der Waals surface area (Å²) in [5, 5.41) is 0. The molecule has 0 radical (unpaired) electrons. The molecule has 0 N–H and O–H groups in total. The van der Waals surface area contributed by atoms with Gasteiger partial charge in [-0.2, -0.15) is 0 Å². The van der Waals surface area contributed by atoms with Gasteiger partial charge in [0.2, 0.25) is 5.91 Å². The molecular weight excluding hydrogens is 452 g/mol. The summed E-state index contributed by atoms with van der Waals surface area (Å²) in [6.07, 6.45) is -0.336. The highest BCUT2D eigenvalue weighted by Gasteiger charge is 2.52. The van der Waals surface area contributed by atoms with E-state index in [0.29, 0.717) is 11.3 Å². The van der Waals surface area contributed by atoms with Crippen molar-refractivity contribution < 1.29 is 33.4 Å². The fourth-order valence-corrected chi connectivity index (χ4v) is 4.25. The predicted molar refractivity (Wildman–Crippen MR) is 123 cm³/mol.